The maximum absolute atomic E-state index is 12.6. The number of rotatable bonds is 4. The Morgan fingerprint density at radius 2 is 1.91 bits per heavy atom. The molecular formula is C17H22F3NO2. The molecule has 1 fully saturated rings. The van der Waals surface area contributed by atoms with Crippen LogP contribution in [0.25, 0.3) is 0 Å². The molecule has 128 valence electrons. The van der Waals surface area contributed by atoms with Crippen LogP contribution < -0.4 is 5.73 Å². The Hall–Kier alpha value is -1.56. The molecule has 0 unspecified atom stereocenters. The van der Waals surface area contributed by atoms with Gasteiger partial charge in [-0.3, -0.25) is 4.79 Å². The number of nitrogens with two attached hydrogens (primary N) is 1. The Kier molecular flexibility index (Phi) is 5.68. The minimum absolute atomic E-state index is 0.0227. The summed E-state index contributed by atoms with van der Waals surface area (Å²) in [5, 5.41) is 0. The highest BCUT2D eigenvalue weighted by Crippen LogP contribution is 2.38. The fourth-order valence-corrected chi connectivity index (χ4v) is 3.22. The number of carbonyl (C=O) groups excluding carboxylic acids is 1. The van der Waals surface area contributed by atoms with Gasteiger partial charge in [0.2, 0.25) is 0 Å². The maximum Gasteiger partial charge on any atom is 0.416 e. The first-order chi connectivity index (χ1) is 10.8. The van der Waals surface area contributed by atoms with Gasteiger partial charge in [0.1, 0.15) is 0 Å². The first-order valence-electron chi connectivity index (χ1n) is 7.89. The summed E-state index contributed by atoms with van der Waals surface area (Å²) < 4.78 is 42.9. The molecule has 0 saturated heterocycles. The fourth-order valence-electron chi connectivity index (χ4n) is 3.22. The van der Waals surface area contributed by atoms with Gasteiger partial charge in [-0.15, -0.1) is 0 Å². The second-order valence-electron chi connectivity index (χ2n) is 6.08. The summed E-state index contributed by atoms with van der Waals surface area (Å²) in [7, 11) is 0. The largest absolute Gasteiger partial charge is 0.466 e. The highest BCUT2D eigenvalue weighted by molar-refractivity contribution is 5.69. The van der Waals surface area contributed by atoms with Gasteiger partial charge in [0.25, 0.3) is 0 Å². The van der Waals surface area contributed by atoms with Crippen LogP contribution in [0.15, 0.2) is 24.3 Å². The highest BCUT2D eigenvalue weighted by atomic mass is 19.4. The molecule has 0 bridgehead atoms. The van der Waals surface area contributed by atoms with Crippen molar-refractivity contribution in [3.8, 4) is 0 Å². The van der Waals surface area contributed by atoms with E-state index < -0.39 is 11.7 Å². The molecule has 2 rings (SSSR count). The van der Waals surface area contributed by atoms with E-state index in [1.165, 1.54) is 12.1 Å². The average molecular weight is 329 g/mol. The van der Waals surface area contributed by atoms with Crippen molar-refractivity contribution in [3.05, 3.63) is 35.4 Å². The van der Waals surface area contributed by atoms with E-state index in [4.69, 9.17) is 10.5 Å². The molecule has 1 aromatic rings. The van der Waals surface area contributed by atoms with E-state index in [1.807, 2.05) is 0 Å². The lowest BCUT2D eigenvalue weighted by Gasteiger charge is -2.34. The lowest BCUT2D eigenvalue weighted by Crippen LogP contribution is -2.35. The number of hydrogen-bond donors (Lipinski definition) is 1. The lowest BCUT2D eigenvalue weighted by molar-refractivity contribution is -0.144. The Morgan fingerprint density at radius 3 is 2.48 bits per heavy atom. The molecule has 0 amide bonds. The maximum atomic E-state index is 12.6. The van der Waals surface area contributed by atoms with Crippen molar-refractivity contribution in [2.24, 2.45) is 11.7 Å². The van der Waals surface area contributed by atoms with E-state index in [2.05, 4.69) is 0 Å². The Balaban J connectivity index is 2.06. The van der Waals surface area contributed by atoms with E-state index in [0.717, 1.165) is 30.5 Å². The van der Waals surface area contributed by atoms with Crippen LogP contribution in [0.5, 0.6) is 0 Å². The molecule has 0 aliphatic heterocycles. The van der Waals surface area contributed by atoms with Crippen LogP contribution >= 0.6 is 0 Å². The third-order valence-electron chi connectivity index (χ3n) is 4.44. The molecule has 0 spiro atoms. The highest BCUT2D eigenvalue weighted by Gasteiger charge is 2.33. The van der Waals surface area contributed by atoms with Crippen molar-refractivity contribution < 1.29 is 22.7 Å². The standard InChI is InChI=1S/C17H22F3NO2/c1-2-23-16(22)10-11-3-8-15(21)14(9-11)12-4-6-13(7-5-12)17(18,19)20/h4-7,11,14-15H,2-3,8-10,21H2,1H3/t11-,14+,15-/m1/s1. The zero-order chi connectivity index (χ0) is 17.0. The van der Waals surface area contributed by atoms with Crippen molar-refractivity contribution in [1.29, 1.82) is 0 Å². The molecular weight excluding hydrogens is 307 g/mol. The molecule has 3 nitrogen and oxygen atoms in total. The molecule has 0 aromatic heterocycles. The first kappa shape index (κ1) is 17.8. The first-order valence-corrected chi connectivity index (χ1v) is 7.89. The molecule has 1 aliphatic rings. The molecule has 1 saturated carbocycles. The summed E-state index contributed by atoms with van der Waals surface area (Å²) in [5.74, 6) is -0.0780. The molecule has 1 aliphatic carbocycles. The Morgan fingerprint density at radius 1 is 1.26 bits per heavy atom. The van der Waals surface area contributed by atoms with E-state index in [-0.39, 0.29) is 23.8 Å². The van der Waals surface area contributed by atoms with Crippen molar-refractivity contribution in [2.75, 3.05) is 6.61 Å². The predicted molar refractivity (Wildman–Crippen MR) is 80.8 cm³/mol. The zero-order valence-corrected chi connectivity index (χ0v) is 13.1. The lowest BCUT2D eigenvalue weighted by atomic mass is 9.74. The van der Waals surface area contributed by atoms with Crippen LogP contribution in [0.3, 0.4) is 0 Å². The van der Waals surface area contributed by atoms with E-state index in [1.54, 1.807) is 6.92 Å². The number of carbonyl (C=O) groups is 1. The van der Waals surface area contributed by atoms with Gasteiger partial charge in [-0.2, -0.15) is 13.2 Å². The van der Waals surface area contributed by atoms with Crippen LogP contribution in [0.2, 0.25) is 0 Å². The summed E-state index contributed by atoms with van der Waals surface area (Å²) in [6, 6.07) is 5.10. The van der Waals surface area contributed by atoms with E-state index >= 15 is 0 Å². The van der Waals surface area contributed by atoms with Gasteiger partial charge in [-0.05, 0) is 55.7 Å². The molecule has 0 radical (unpaired) electrons. The summed E-state index contributed by atoms with van der Waals surface area (Å²) in [6.45, 7) is 2.12. The number of benzene rings is 1. The third-order valence-corrected chi connectivity index (χ3v) is 4.44. The average Bonchev–Trinajstić information content (AvgIpc) is 2.49. The number of alkyl halides is 3. The summed E-state index contributed by atoms with van der Waals surface area (Å²) in [6.07, 6.45) is -1.68. The van der Waals surface area contributed by atoms with Gasteiger partial charge in [-0.25, -0.2) is 0 Å². The van der Waals surface area contributed by atoms with Crippen LogP contribution in [0, 0.1) is 5.92 Å². The van der Waals surface area contributed by atoms with Gasteiger partial charge in [0.05, 0.1) is 12.2 Å². The molecule has 0 heterocycles. The topological polar surface area (TPSA) is 52.3 Å². The molecule has 2 N–H and O–H groups in total. The molecule has 1 aromatic carbocycles. The summed E-state index contributed by atoms with van der Waals surface area (Å²) in [4.78, 5) is 11.6. The Labute approximate surface area is 134 Å². The van der Waals surface area contributed by atoms with Gasteiger partial charge in [0.15, 0.2) is 0 Å². The van der Waals surface area contributed by atoms with Crippen LogP contribution in [0.4, 0.5) is 13.2 Å². The van der Waals surface area contributed by atoms with Gasteiger partial charge in [0, 0.05) is 12.5 Å². The van der Waals surface area contributed by atoms with E-state index in [0.29, 0.717) is 19.4 Å². The summed E-state index contributed by atoms with van der Waals surface area (Å²) >= 11 is 0. The number of halogens is 3. The quantitative estimate of drug-likeness (QED) is 0.853. The minimum Gasteiger partial charge on any atom is -0.466 e. The second kappa shape index (κ2) is 7.34. The zero-order valence-electron chi connectivity index (χ0n) is 13.1. The van der Waals surface area contributed by atoms with Crippen molar-refractivity contribution >= 4 is 5.97 Å². The number of hydrogen-bond acceptors (Lipinski definition) is 3. The van der Waals surface area contributed by atoms with Crippen molar-refractivity contribution in [2.45, 2.75) is 50.7 Å². The van der Waals surface area contributed by atoms with E-state index in [9.17, 15) is 18.0 Å². The van der Waals surface area contributed by atoms with Crippen LogP contribution in [-0.4, -0.2) is 18.6 Å². The normalized spacial score (nSPS) is 25.2. The van der Waals surface area contributed by atoms with Crippen LogP contribution in [0.1, 0.15) is 49.7 Å². The van der Waals surface area contributed by atoms with Crippen molar-refractivity contribution in [3.63, 3.8) is 0 Å². The van der Waals surface area contributed by atoms with Gasteiger partial charge in [-0.1, -0.05) is 12.1 Å². The SMILES string of the molecule is CCOC(=O)C[C@@H]1CC[C@@H](N)[C@H](c2ccc(C(F)(F)F)cc2)C1. The number of ether oxygens (including phenoxy) is 1. The summed E-state index contributed by atoms with van der Waals surface area (Å²) in [5.41, 5.74) is 6.29. The monoisotopic (exact) mass is 329 g/mol. The van der Waals surface area contributed by atoms with Gasteiger partial charge >= 0.3 is 12.1 Å². The molecule has 23 heavy (non-hydrogen) atoms. The minimum atomic E-state index is -4.33. The molecule has 3 atom stereocenters. The number of esters is 1. The third kappa shape index (κ3) is 4.70. The smallest absolute Gasteiger partial charge is 0.416 e. The van der Waals surface area contributed by atoms with Crippen LogP contribution in [-0.2, 0) is 15.7 Å². The second-order valence-corrected chi connectivity index (χ2v) is 6.08. The predicted octanol–water partition coefficient (Wildman–Crippen LogP) is 3.87. The Bertz CT molecular complexity index is 528. The fraction of sp³-hybridized carbons (Fsp3) is 0.588. The molecule has 6 heteroatoms. The van der Waals surface area contributed by atoms with Crippen molar-refractivity contribution in [1.82, 2.24) is 0 Å². The van der Waals surface area contributed by atoms with Gasteiger partial charge < -0.3 is 10.5 Å².